The molecule has 0 spiro atoms. The lowest BCUT2D eigenvalue weighted by Crippen LogP contribution is -2.17. The van der Waals surface area contributed by atoms with Crippen molar-refractivity contribution in [3.05, 3.63) is 46.4 Å². The highest BCUT2D eigenvalue weighted by atomic mass is 79.9. The summed E-state index contributed by atoms with van der Waals surface area (Å²) in [5, 5.41) is 3.18. The summed E-state index contributed by atoms with van der Waals surface area (Å²) in [4.78, 5) is 0. The summed E-state index contributed by atoms with van der Waals surface area (Å²) in [6.45, 7) is 4.50. The smallest absolute Gasteiger partial charge is 0.0541 e. The summed E-state index contributed by atoms with van der Waals surface area (Å²) in [6.07, 6.45) is 8.91. The van der Waals surface area contributed by atoms with E-state index in [0.717, 1.165) is 30.7 Å². The maximum atomic E-state index is 5.84. The molecule has 0 heterocycles. The zero-order valence-electron chi connectivity index (χ0n) is 9.30. The molecule has 5 N–H and O–H groups in total. The van der Waals surface area contributed by atoms with Gasteiger partial charge < -0.3 is 16.8 Å². The zero-order chi connectivity index (χ0) is 12.0. The Balaban J connectivity index is 2.55. The van der Waals surface area contributed by atoms with Crippen LogP contribution >= 0.6 is 15.9 Å². The van der Waals surface area contributed by atoms with E-state index in [0.29, 0.717) is 12.2 Å². The van der Waals surface area contributed by atoms with Gasteiger partial charge in [0.25, 0.3) is 0 Å². The molecule has 0 aromatic carbocycles. The molecule has 0 fully saturated rings. The summed E-state index contributed by atoms with van der Waals surface area (Å²) in [5.41, 5.74) is 13.7. The lowest BCUT2D eigenvalue weighted by atomic mass is 10.1. The molecule has 4 heteroatoms. The van der Waals surface area contributed by atoms with Crippen molar-refractivity contribution in [2.24, 2.45) is 11.5 Å². The molecule has 1 aliphatic carbocycles. The lowest BCUT2D eigenvalue weighted by Gasteiger charge is -2.14. The molecule has 88 valence electrons. The normalized spacial score (nSPS) is 16.5. The topological polar surface area (TPSA) is 64.1 Å². The first-order chi connectivity index (χ1) is 7.63. The van der Waals surface area contributed by atoms with Crippen LogP contribution in [0.25, 0.3) is 0 Å². The Morgan fingerprint density at radius 1 is 1.62 bits per heavy atom. The van der Waals surface area contributed by atoms with Crippen LogP contribution in [0.15, 0.2) is 46.4 Å². The second kappa shape index (κ2) is 6.55. The van der Waals surface area contributed by atoms with Crippen LogP contribution in [0.1, 0.15) is 19.3 Å². The number of allylic oxidation sites excluding steroid dienone is 3. The third kappa shape index (κ3) is 4.24. The van der Waals surface area contributed by atoms with E-state index in [1.165, 1.54) is 4.48 Å². The van der Waals surface area contributed by atoms with Crippen molar-refractivity contribution in [3.63, 3.8) is 0 Å². The quantitative estimate of drug-likeness (QED) is 0.678. The van der Waals surface area contributed by atoms with Crippen LogP contribution in [0.3, 0.4) is 0 Å². The predicted molar refractivity (Wildman–Crippen MR) is 72.5 cm³/mol. The third-order valence-corrected chi connectivity index (χ3v) is 2.86. The van der Waals surface area contributed by atoms with Crippen molar-refractivity contribution < 1.29 is 0 Å². The van der Waals surface area contributed by atoms with E-state index >= 15 is 0 Å². The standard InChI is InChI=1S/C12H18BrN3/c1-9(12(15)6-3-7-14)16-11-5-2-4-10(13)8-11/h5-6,8,16H,1-4,7,14-15H2/b12-6+. The highest BCUT2D eigenvalue weighted by Gasteiger charge is 2.04. The Hall–Kier alpha value is -1.00. The van der Waals surface area contributed by atoms with Gasteiger partial charge in [0, 0.05) is 5.70 Å². The lowest BCUT2D eigenvalue weighted by molar-refractivity contribution is 0.922. The average Bonchev–Trinajstić information content (AvgIpc) is 2.25. The highest BCUT2D eigenvalue weighted by Crippen LogP contribution is 2.21. The minimum Gasteiger partial charge on any atom is -0.397 e. The molecule has 1 rings (SSSR count). The van der Waals surface area contributed by atoms with Crippen molar-refractivity contribution in [1.29, 1.82) is 0 Å². The minimum absolute atomic E-state index is 0.599. The van der Waals surface area contributed by atoms with Crippen LogP contribution < -0.4 is 16.8 Å². The molecule has 0 radical (unpaired) electrons. The first-order valence-electron chi connectivity index (χ1n) is 5.31. The molecule has 3 nitrogen and oxygen atoms in total. The Labute approximate surface area is 105 Å². The van der Waals surface area contributed by atoms with Gasteiger partial charge in [-0.25, -0.2) is 0 Å². The fraction of sp³-hybridized carbons (Fsp3) is 0.333. The monoisotopic (exact) mass is 283 g/mol. The van der Waals surface area contributed by atoms with Gasteiger partial charge in [-0.05, 0) is 36.4 Å². The third-order valence-electron chi connectivity index (χ3n) is 2.23. The SMILES string of the molecule is C=C(NC1=CCCC(Br)=C1)/C(N)=C\CCN. The van der Waals surface area contributed by atoms with Gasteiger partial charge in [-0.3, -0.25) is 0 Å². The van der Waals surface area contributed by atoms with Crippen LogP contribution in [-0.2, 0) is 0 Å². The zero-order valence-corrected chi connectivity index (χ0v) is 10.9. The summed E-state index contributed by atoms with van der Waals surface area (Å²) in [7, 11) is 0. The number of nitrogens with two attached hydrogens (primary N) is 2. The van der Waals surface area contributed by atoms with Crippen molar-refractivity contribution >= 4 is 15.9 Å². The molecule has 0 atom stereocenters. The Bertz CT molecular complexity index is 353. The summed E-state index contributed by atoms with van der Waals surface area (Å²) < 4.78 is 1.19. The molecule has 1 aliphatic rings. The van der Waals surface area contributed by atoms with Gasteiger partial charge >= 0.3 is 0 Å². The van der Waals surface area contributed by atoms with E-state index in [1.54, 1.807) is 0 Å². The van der Waals surface area contributed by atoms with E-state index in [2.05, 4.69) is 33.9 Å². The van der Waals surface area contributed by atoms with Gasteiger partial charge in [0.2, 0.25) is 0 Å². The molecule has 0 aromatic heterocycles. The predicted octanol–water partition coefficient (Wildman–Crippen LogP) is 2.24. The highest BCUT2D eigenvalue weighted by molar-refractivity contribution is 9.11. The first-order valence-corrected chi connectivity index (χ1v) is 6.11. The van der Waals surface area contributed by atoms with Crippen LogP contribution in [0.4, 0.5) is 0 Å². The molecule has 0 bridgehead atoms. The van der Waals surface area contributed by atoms with Crippen molar-refractivity contribution in [3.8, 4) is 0 Å². The van der Waals surface area contributed by atoms with Crippen LogP contribution in [0, 0.1) is 0 Å². The van der Waals surface area contributed by atoms with E-state index in [1.807, 2.05) is 12.2 Å². The number of halogens is 1. The largest absolute Gasteiger partial charge is 0.397 e. The maximum absolute atomic E-state index is 5.84. The second-order valence-electron chi connectivity index (χ2n) is 3.63. The molecule has 0 saturated heterocycles. The molecular weight excluding hydrogens is 266 g/mol. The first kappa shape index (κ1) is 13.1. The Kier molecular flexibility index (Phi) is 5.35. The fourth-order valence-corrected chi connectivity index (χ4v) is 1.84. The van der Waals surface area contributed by atoms with Gasteiger partial charge in [0.1, 0.15) is 0 Å². The van der Waals surface area contributed by atoms with E-state index < -0.39 is 0 Å². The van der Waals surface area contributed by atoms with Gasteiger partial charge in [-0.2, -0.15) is 0 Å². The van der Waals surface area contributed by atoms with Gasteiger partial charge in [-0.15, -0.1) is 0 Å². The number of rotatable bonds is 5. The van der Waals surface area contributed by atoms with Crippen molar-refractivity contribution in [2.75, 3.05) is 6.54 Å². The molecular formula is C12H18BrN3. The summed E-state index contributed by atoms with van der Waals surface area (Å²) >= 11 is 3.49. The Morgan fingerprint density at radius 2 is 2.38 bits per heavy atom. The molecule has 0 aliphatic heterocycles. The minimum atomic E-state index is 0.599. The molecule has 0 amide bonds. The van der Waals surface area contributed by atoms with Crippen molar-refractivity contribution in [2.45, 2.75) is 19.3 Å². The molecule has 0 unspecified atom stereocenters. The number of nitrogens with one attached hydrogen (secondary N) is 1. The van der Waals surface area contributed by atoms with Crippen LogP contribution in [-0.4, -0.2) is 6.54 Å². The molecule has 16 heavy (non-hydrogen) atoms. The fourth-order valence-electron chi connectivity index (χ4n) is 1.36. The van der Waals surface area contributed by atoms with Gasteiger partial charge in [0.15, 0.2) is 0 Å². The molecule has 0 saturated carbocycles. The summed E-state index contributed by atoms with van der Waals surface area (Å²) in [5.74, 6) is 0. The van der Waals surface area contributed by atoms with E-state index in [4.69, 9.17) is 11.5 Å². The van der Waals surface area contributed by atoms with Crippen LogP contribution in [0.2, 0.25) is 0 Å². The average molecular weight is 284 g/mol. The van der Waals surface area contributed by atoms with Gasteiger partial charge in [-0.1, -0.05) is 34.7 Å². The van der Waals surface area contributed by atoms with Crippen LogP contribution in [0.5, 0.6) is 0 Å². The van der Waals surface area contributed by atoms with E-state index in [-0.39, 0.29) is 0 Å². The Morgan fingerprint density at radius 3 is 3.00 bits per heavy atom. The number of hydrogen-bond acceptors (Lipinski definition) is 3. The van der Waals surface area contributed by atoms with E-state index in [9.17, 15) is 0 Å². The summed E-state index contributed by atoms with van der Waals surface area (Å²) in [6, 6.07) is 0. The maximum Gasteiger partial charge on any atom is 0.0541 e. The second-order valence-corrected chi connectivity index (χ2v) is 4.65. The molecule has 0 aromatic rings. The van der Waals surface area contributed by atoms with Crippen molar-refractivity contribution in [1.82, 2.24) is 5.32 Å². The van der Waals surface area contributed by atoms with Gasteiger partial charge in [0.05, 0.1) is 11.4 Å². The number of hydrogen-bond donors (Lipinski definition) is 3.